The van der Waals surface area contributed by atoms with E-state index in [1.807, 2.05) is 6.92 Å². The average Bonchev–Trinajstić information content (AvgIpc) is 2.28. The van der Waals surface area contributed by atoms with Gasteiger partial charge in [-0.1, -0.05) is 0 Å². The fourth-order valence-corrected chi connectivity index (χ4v) is 0.965. The molecule has 1 aromatic rings. The van der Waals surface area contributed by atoms with Crippen LogP contribution in [0.4, 0.5) is 0 Å². The van der Waals surface area contributed by atoms with Crippen molar-refractivity contribution in [3.63, 3.8) is 0 Å². The first-order valence-electron chi connectivity index (χ1n) is 4.79. The van der Waals surface area contributed by atoms with Gasteiger partial charge >= 0.3 is 5.97 Å². The quantitative estimate of drug-likeness (QED) is 0.478. The lowest BCUT2D eigenvalue weighted by Gasteiger charge is -2.07. The Morgan fingerprint density at radius 3 is 2.81 bits per heavy atom. The molecule has 0 unspecified atom stereocenters. The summed E-state index contributed by atoms with van der Waals surface area (Å²) in [7, 11) is 0. The minimum atomic E-state index is -0.717. The number of aryl methyl sites for hydroxylation is 1. The van der Waals surface area contributed by atoms with Crippen molar-refractivity contribution < 1.29 is 19.4 Å². The molecule has 1 N–H and O–H groups in total. The van der Waals surface area contributed by atoms with Crippen molar-refractivity contribution in [3.8, 4) is 5.75 Å². The second-order valence-corrected chi connectivity index (χ2v) is 2.95. The number of carbonyl (C=O) groups is 1. The van der Waals surface area contributed by atoms with Gasteiger partial charge in [0.05, 0.1) is 12.8 Å². The van der Waals surface area contributed by atoms with Gasteiger partial charge in [0.25, 0.3) is 0 Å². The largest absolute Gasteiger partial charge is 0.511 e. The summed E-state index contributed by atoms with van der Waals surface area (Å²) in [5.41, 5.74) is 0.831. The van der Waals surface area contributed by atoms with Crippen molar-refractivity contribution in [1.82, 2.24) is 4.98 Å². The third-order valence-electron chi connectivity index (χ3n) is 1.71. The normalized spacial score (nSPS) is 11.0. The first-order valence-corrected chi connectivity index (χ1v) is 4.79. The molecule has 86 valence electrons. The monoisotopic (exact) mass is 223 g/mol. The number of carbonyl (C=O) groups excluding carboxylic acids is 1. The van der Waals surface area contributed by atoms with E-state index in [4.69, 9.17) is 9.84 Å². The van der Waals surface area contributed by atoms with Crippen LogP contribution in [0.5, 0.6) is 5.75 Å². The van der Waals surface area contributed by atoms with Gasteiger partial charge in [-0.05, 0) is 26.0 Å². The molecule has 1 aromatic heterocycles. The number of hydrogen-bond acceptors (Lipinski definition) is 5. The van der Waals surface area contributed by atoms with Crippen LogP contribution in [-0.2, 0) is 9.53 Å². The van der Waals surface area contributed by atoms with Crippen LogP contribution in [-0.4, -0.2) is 22.7 Å². The molecule has 5 nitrogen and oxygen atoms in total. The number of esters is 1. The summed E-state index contributed by atoms with van der Waals surface area (Å²) in [6.45, 7) is 3.71. The smallest absolute Gasteiger partial charge is 0.377 e. The highest BCUT2D eigenvalue weighted by molar-refractivity contribution is 5.86. The van der Waals surface area contributed by atoms with Crippen LogP contribution in [0.2, 0.25) is 0 Å². The molecule has 0 aromatic carbocycles. The average molecular weight is 223 g/mol. The van der Waals surface area contributed by atoms with Crippen LogP contribution in [0.3, 0.4) is 0 Å². The van der Waals surface area contributed by atoms with Gasteiger partial charge in [0, 0.05) is 5.69 Å². The molecule has 0 saturated heterocycles. The van der Waals surface area contributed by atoms with Gasteiger partial charge in [-0.25, -0.2) is 4.79 Å². The highest BCUT2D eigenvalue weighted by Crippen LogP contribution is 2.13. The number of aromatic nitrogens is 1. The Hall–Kier alpha value is -2.04. The van der Waals surface area contributed by atoms with E-state index < -0.39 is 5.97 Å². The van der Waals surface area contributed by atoms with Crippen LogP contribution in [0, 0.1) is 6.92 Å². The molecular formula is C11H13NO4. The SMILES string of the molecule is CCOC(=O)C(=CO)Oc1ccc(C)nc1. The van der Waals surface area contributed by atoms with E-state index in [-0.39, 0.29) is 12.4 Å². The van der Waals surface area contributed by atoms with Gasteiger partial charge in [0.2, 0.25) is 5.76 Å². The number of pyridine rings is 1. The lowest BCUT2D eigenvalue weighted by atomic mass is 10.4. The zero-order valence-corrected chi connectivity index (χ0v) is 9.14. The zero-order chi connectivity index (χ0) is 12.0. The molecule has 1 heterocycles. The third kappa shape index (κ3) is 3.27. The van der Waals surface area contributed by atoms with E-state index in [0.29, 0.717) is 12.0 Å². The van der Waals surface area contributed by atoms with Crippen LogP contribution in [0.25, 0.3) is 0 Å². The molecule has 0 radical (unpaired) electrons. The van der Waals surface area contributed by atoms with Crippen molar-refractivity contribution >= 4 is 5.97 Å². The second kappa shape index (κ2) is 5.75. The first-order chi connectivity index (χ1) is 7.67. The maximum absolute atomic E-state index is 11.2. The molecule has 16 heavy (non-hydrogen) atoms. The molecule has 0 atom stereocenters. The van der Waals surface area contributed by atoms with E-state index in [1.165, 1.54) is 6.20 Å². The zero-order valence-electron chi connectivity index (χ0n) is 9.14. The van der Waals surface area contributed by atoms with E-state index in [0.717, 1.165) is 5.69 Å². The predicted octanol–water partition coefficient (Wildman–Crippen LogP) is 1.73. The predicted molar refractivity (Wildman–Crippen MR) is 56.9 cm³/mol. The Kier molecular flexibility index (Phi) is 4.32. The van der Waals surface area contributed by atoms with Crippen LogP contribution < -0.4 is 4.74 Å². The Labute approximate surface area is 93.3 Å². The van der Waals surface area contributed by atoms with Crippen LogP contribution >= 0.6 is 0 Å². The summed E-state index contributed by atoms with van der Waals surface area (Å²) >= 11 is 0. The Morgan fingerprint density at radius 2 is 2.31 bits per heavy atom. The molecule has 0 aliphatic heterocycles. The summed E-state index contributed by atoms with van der Waals surface area (Å²) in [6.07, 6.45) is 2.02. The number of rotatable bonds is 4. The van der Waals surface area contributed by atoms with Crippen molar-refractivity contribution in [2.24, 2.45) is 0 Å². The molecule has 0 fully saturated rings. The summed E-state index contributed by atoms with van der Waals surface area (Å²) in [5.74, 6) is -0.628. The summed E-state index contributed by atoms with van der Waals surface area (Å²) in [5, 5.41) is 8.83. The Balaban J connectivity index is 2.71. The number of aliphatic hydroxyl groups is 1. The van der Waals surface area contributed by atoms with Crippen LogP contribution in [0.1, 0.15) is 12.6 Å². The fraction of sp³-hybridized carbons (Fsp3) is 0.273. The van der Waals surface area contributed by atoms with Crippen LogP contribution in [0.15, 0.2) is 30.4 Å². The minimum absolute atomic E-state index is 0.214. The summed E-state index contributed by atoms with van der Waals surface area (Å²) in [6, 6.07) is 3.38. The van der Waals surface area contributed by atoms with E-state index in [2.05, 4.69) is 9.72 Å². The molecule has 5 heteroatoms. The lowest BCUT2D eigenvalue weighted by Crippen LogP contribution is -2.12. The maximum atomic E-state index is 11.2. The molecule has 1 rings (SSSR count). The van der Waals surface area contributed by atoms with Crippen molar-refractivity contribution in [2.45, 2.75) is 13.8 Å². The molecule has 0 aliphatic carbocycles. The number of hydrogen-bond donors (Lipinski definition) is 1. The summed E-state index contributed by atoms with van der Waals surface area (Å²) < 4.78 is 9.79. The standard InChI is InChI=1S/C11H13NO4/c1-3-15-11(14)10(7-13)16-9-5-4-8(2)12-6-9/h4-7,13H,3H2,1-2H3. The summed E-state index contributed by atoms with van der Waals surface area (Å²) in [4.78, 5) is 15.2. The maximum Gasteiger partial charge on any atom is 0.377 e. The number of aliphatic hydroxyl groups excluding tert-OH is 1. The molecule has 0 aliphatic rings. The van der Waals surface area contributed by atoms with Gasteiger partial charge < -0.3 is 14.6 Å². The Morgan fingerprint density at radius 1 is 1.56 bits per heavy atom. The van der Waals surface area contributed by atoms with Gasteiger partial charge in [0.1, 0.15) is 12.0 Å². The molecule has 0 saturated carbocycles. The van der Waals surface area contributed by atoms with E-state index >= 15 is 0 Å². The van der Waals surface area contributed by atoms with Gasteiger partial charge in [-0.2, -0.15) is 0 Å². The Bertz CT molecular complexity index is 383. The van der Waals surface area contributed by atoms with E-state index in [1.54, 1.807) is 19.1 Å². The lowest BCUT2D eigenvalue weighted by molar-refractivity contribution is -0.141. The number of nitrogens with zero attached hydrogens (tertiary/aromatic N) is 1. The van der Waals surface area contributed by atoms with Crippen molar-refractivity contribution in [2.75, 3.05) is 6.61 Å². The van der Waals surface area contributed by atoms with Crippen molar-refractivity contribution in [1.29, 1.82) is 0 Å². The third-order valence-corrected chi connectivity index (χ3v) is 1.71. The molecular weight excluding hydrogens is 210 g/mol. The fourth-order valence-electron chi connectivity index (χ4n) is 0.965. The topological polar surface area (TPSA) is 68.7 Å². The van der Waals surface area contributed by atoms with E-state index in [9.17, 15) is 4.79 Å². The van der Waals surface area contributed by atoms with Gasteiger partial charge in [-0.15, -0.1) is 0 Å². The molecule has 0 amide bonds. The highest BCUT2D eigenvalue weighted by atomic mass is 16.6. The molecule has 0 bridgehead atoms. The first kappa shape index (κ1) is 12.0. The van der Waals surface area contributed by atoms with Gasteiger partial charge in [-0.3, -0.25) is 4.98 Å². The number of ether oxygens (including phenoxy) is 2. The second-order valence-electron chi connectivity index (χ2n) is 2.95. The highest BCUT2D eigenvalue weighted by Gasteiger charge is 2.13. The molecule has 0 spiro atoms. The van der Waals surface area contributed by atoms with Crippen molar-refractivity contribution in [3.05, 3.63) is 36.0 Å². The van der Waals surface area contributed by atoms with Gasteiger partial charge in [0.15, 0.2) is 0 Å². The minimum Gasteiger partial charge on any atom is -0.511 e.